The molecule has 25 nitrogen and oxygen atoms in total. The van der Waals surface area contributed by atoms with E-state index in [2.05, 4.69) is 136 Å². The monoisotopic (exact) mass is 1830 g/mol. The maximum absolute atomic E-state index is 12.8. The van der Waals surface area contributed by atoms with Gasteiger partial charge in [0.2, 0.25) is 11.8 Å². The van der Waals surface area contributed by atoms with Crippen LogP contribution in [0.4, 0.5) is 34.1 Å². The van der Waals surface area contributed by atoms with Crippen molar-refractivity contribution in [1.82, 2.24) is 50.5 Å². The van der Waals surface area contributed by atoms with Gasteiger partial charge in [0.15, 0.2) is 5.69 Å². The number of anilines is 5. The molecule has 6 heterocycles. The normalized spacial score (nSPS) is 16.2. The lowest BCUT2D eigenvalue weighted by Crippen LogP contribution is -2.47. The molecule has 612 valence electrons. The van der Waals surface area contributed by atoms with E-state index in [0.717, 1.165) is 122 Å². The van der Waals surface area contributed by atoms with Crippen LogP contribution in [0, 0.1) is 40.6 Å². The Hall–Kier alpha value is -12.0. The summed E-state index contributed by atoms with van der Waals surface area (Å²) in [5, 5.41) is 49.7. The Bertz CT molecular complexity index is 5820. The average molecular weight is 1840 g/mol. The number of halogens is 5. The molecule has 30 heteroatoms. The number of nitrogens with two attached hydrogens (primary N) is 4. The number of nitrogen functional groups attached to an aromatic ring is 3. The van der Waals surface area contributed by atoms with Crippen molar-refractivity contribution in [2.75, 3.05) is 41.9 Å². The second-order valence-corrected chi connectivity index (χ2v) is 33.2. The quantitative estimate of drug-likeness (QED) is 0.0356. The predicted molar refractivity (Wildman–Crippen MR) is 479 cm³/mol. The predicted octanol–water partition coefficient (Wildman–Crippen LogP) is 18.6. The number of primary amides is 1. The second kappa shape index (κ2) is 40.7. The molecule has 2 atom stereocenters. The summed E-state index contributed by atoms with van der Waals surface area (Å²) in [7, 11) is 4.11. The first-order valence-corrected chi connectivity index (χ1v) is 41.9. The molecule has 0 bridgehead atoms. The van der Waals surface area contributed by atoms with Crippen molar-refractivity contribution in [3.8, 4) is 18.2 Å². The lowest BCUT2D eigenvalue weighted by atomic mass is 9.65. The third-order valence-corrected chi connectivity index (χ3v) is 24.2. The molecule has 0 spiro atoms. The molecule has 5 aliphatic rings. The van der Waals surface area contributed by atoms with Gasteiger partial charge in [-0.05, 0) is 278 Å². The van der Waals surface area contributed by atoms with Crippen molar-refractivity contribution in [2.45, 2.75) is 136 Å². The molecule has 12 aromatic rings. The van der Waals surface area contributed by atoms with Crippen LogP contribution < -0.4 is 44.2 Å². The first-order chi connectivity index (χ1) is 57.8. The number of fused-ring (bicyclic) bond motifs is 2. The van der Waals surface area contributed by atoms with E-state index in [4.69, 9.17) is 83.6 Å². The van der Waals surface area contributed by atoms with Gasteiger partial charge in [-0.25, -0.2) is 14.8 Å². The molecule has 6 aromatic heterocycles. The zero-order valence-corrected chi connectivity index (χ0v) is 72.0. The van der Waals surface area contributed by atoms with Gasteiger partial charge < -0.3 is 59.3 Å². The van der Waals surface area contributed by atoms with Gasteiger partial charge in [0, 0.05) is 71.0 Å². The van der Waals surface area contributed by atoms with E-state index in [1.807, 2.05) is 72.9 Å². The van der Waals surface area contributed by atoms with E-state index in [1.165, 1.54) is 38.2 Å². The summed E-state index contributed by atoms with van der Waals surface area (Å²) in [5.41, 5.74) is 32.7. The van der Waals surface area contributed by atoms with Crippen LogP contribution in [-0.2, 0) is 31.2 Å². The number of hydrogen-bond acceptors (Lipinski definition) is 18. The Kier molecular flexibility index (Phi) is 30.1. The van der Waals surface area contributed by atoms with Gasteiger partial charge in [0.1, 0.15) is 17.1 Å². The van der Waals surface area contributed by atoms with Crippen LogP contribution >= 0.6 is 71.0 Å². The first kappa shape index (κ1) is 88.8. The van der Waals surface area contributed by atoms with E-state index in [9.17, 15) is 19.2 Å². The van der Waals surface area contributed by atoms with Crippen LogP contribution in [0.3, 0.4) is 0 Å². The van der Waals surface area contributed by atoms with Crippen LogP contribution in [-0.4, -0.2) is 94.8 Å². The molecule has 15 N–H and O–H groups in total. The number of pyridine rings is 4. The van der Waals surface area contributed by atoms with Crippen molar-refractivity contribution in [1.29, 1.82) is 15.8 Å². The number of aromatic nitrogens is 8. The fourth-order valence-electron chi connectivity index (χ4n) is 14.8. The standard InChI is InChI=1S/C24H18ClN5O.C17H15BrN4O.C17H13BrN4.C10H10BrNO2.C8H18N2.C7H6ClNO.C7H7N3/c25-17-4-1-3-16(12-17)22(31)28-18-6-8-21(27-14-18)24(9-2-10-24)23-29-19-7-5-15(13-26)11-20(19)30-23;18-12-3-5-15(21-10-12)17(6-1-7-17)16(23)22-14-4-2-11(9-19)8-13(14)20;18-12-3-5-15(20-10-12)17(6-1-7-17)16-21-13-4-2-11(9-19)8-14(13)22-16;11-7-2-3-8(12-6-7)10(9(13)14)4-1-5-10;1-9-7-5-3-4-6-8(7)10-2;8-6-3-1-2-5(4-6)7(9)10;1-10-5-2-3-6(8)7(9)4-5/h1,3-8,11-12,14H,2,9-10H2,(H,28,31)(H,29,30);2-5,8,10H,1,6-7,20H2,(H,22,23);2-5,8,10H,1,6-7H2,(H,21,22);2-3,6H,1,4-5H2,(H,13,14);7-10H,3-6H2,1-2H3;1-4H,(H2,9,10);2-4H,8-9H2/t;;;;7-,8-;;/m....0../s1. The minimum atomic E-state index is -0.751. The fourth-order valence-corrected chi connectivity index (χ4v) is 15.9. The average Bonchev–Trinajstić information content (AvgIpc) is 1.55. The van der Waals surface area contributed by atoms with Crippen LogP contribution in [0.15, 0.2) is 208 Å². The number of nitriles is 3. The molecular formula is C90H87Br3Cl2N20O5. The number of carbonyl (C=O) groups is 4. The number of aromatic amines is 2. The van der Waals surface area contributed by atoms with Crippen molar-refractivity contribution in [3.05, 3.63) is 292 Å². The summed E-state index contributed by atoms with van der Waals surface area (Å²) in [6.07, 6.45) is 23.5. The fraction of sp³-hybridized carbons (Fsp3) is 0.267. The van der Waals surface area contributed by atoms with E-state index in [-0.39, 0.29) is 22.6 Å². The summed E-state index contributed by atoms with van der Waals surface area (Å²) in [6.45, 7) is 6.64. The number of H-pyrrole nitrogens is 2. The summed E-state index contributed by atoms with van der Waals surface area (Å²) in [5.74, 6) is 0.280. The highest BCUT2D eigenvalue weighted by Crippen LogP contribution is 2.50. The van der Waals surface area contributed by atoms with E-state index >= 15 is 0 Å². The number of nitrogens with zero attached hydrogens (tertiary/aromatic N) is 10. The Labute approximate surface area is 730 Å². The molecule has 0 unspecified atom stereocenters. The Morgan fingerprint density at radius 2 is 0.958 bits per heavy atom. The van der Waals surface area contributed by atoms with E-state index < -0.39 is 22.7 Å². The van der Waals surface area contributed by atoms with Crippen LogP contribution in [0.5, 0.6) is 0 Å². The van der Waals surface area contributed by atoms with Gasteiger partial charge in [-0.15, -0.1) is 0 Å². The third kappa shape index (κ3) is 21.2. The highest BCUT2D eigenvalue weighted by Gasteiger charge is 2.49. The largest absolute Gasteiger partial charge is 0.481 e. The zero-order valence-electron chi connectivity index (χ0n) is 65.7. The van der Waals surface area contributed by atoms with Crippen molar-refractivity contribution < 1.29 is 24.3 Å². The SMILES string of the molecule is CN[C@H]1CCCC[C@@H]1NC.N#Cc1ccc(NC(=O)C2(c3ccc(Br)cn3)CCC2)c(N)c1.N#Cc1ccc2nc(C3(c4ccc(Br)cn4)CCC3)[nH]c2c1.N#Cc1ccc2nc(C3(c4ccc(NC(=O)c5cccc(Cl)c5)cn4)CCC3)[nH]c2c1.NC(=O)c1cccc(Cl)c1.O=C(O)C1(c2ccc(Br)cn2)CCC1.[C-]#[N+]c1ccc(N)c(N)c1. The highest BCUT2D eigenvalue weighted by molar-refractivity contribution is 9.11. The minimum Gasteiger partial charge on any atom is -0.481 e. The van der Waals surface area contributed by atoms with Crippen LogP contribution in [0.1, 0.15) is 175 Å². The second-order valence-electron chi connectivity index (χ2n) is 29.6. The molecule has 0 aliphatic heterocycles. The lowest BCUT2D eigenvalue weighted by molar-refractivity contribution is -0.147. The topological polar surface area (TPSA) is 425 Å². The number of nitrogens with one attached hydrogen (secondary N) is 6. The number of rotatable bonds is 14. The van der Waals surface area contributed by atoms with Crippen LogP contribution in [0.25, 0.3) is 26.9 Å². The molecule has 0 saturated heterocycles. The minimum absolute atomic E-state index is 0.102. The molecule has 0 radical (unpaired) electrons. The highest BCUT2D eigenvalue weighted by atomic mass is 79.9. The van der Waals surface area contributed by atoms with Crippen LogP contribution in [0.2, 0.25) is 10.0 Å². The Morgan fingerprint density at radius 3 is 1.34 bits per heavy atom. The summed E-state index contributed by atoms with van der Waals surface area (Å²) < 4.78 is 2.74. The van der Waals surface area contributed by atoms with Gasteiger partial charge in [-0.1, -0.05) is 79.9 Å². The number of amides is 3. The molecule has 3 amide bonds. The molecule has 5 aliphatic carbocycles. The maximum atomic E-state index is 12.8. The zero-order chi connectivity index (χ0) is 85.7. The molecular weight excluding hydrogens is 1750 g/mol. The number of benzene rings is 6. The van der Waals surface area contributed by atoms with Gasteiger partial charge in [-0.2, -0.15) is 15.8 Å². The van der Waals surface area contributed by atoms with E-state index in [0.29, 0.717) is 103 Å². The Balaban J connectivity index is 0.000000143. The number of aliphatic carboxylic acids is 1. The number of hydrogen-bond donors (Lipinski definition) is 11. The molecule has 17 rings (SSSR count). The molecule has 6 aromatic carbocycles. The number of carboxylic acids is 1. The molecule has 5 saturated carbocycles. The maximum Gasteiger partial charge on any atom is 0.315 e. The van der Waals surface area contributed by atoms with Gasteiger partial charge in [0.05, 0.1) is 132 Å². The van der Waals surface area contributed by atoms with Gasteiger partial charge >= 0.3 is 5.97 Å². The number of likely N-dealkylation sites (N-methyl/N-ethyl adjacent to an activating group) is 2. The van der Waals surface area contributed by atoms with Crippen molar-refractivity contribution in [2.24, 2.45) is 5.73 Å². The first-order valence-electron chi connectivity index (χ1n) is 38.8. The molecule has 5 fully saturated rings. The summed E-state index contributed by atoms with van der Waals surface area (Å²) >= 11 is 21.6. The third-order valence-electron chi connectivity index (χ3n) is 22.3. The Morgan fingerprint density at radius 1 is 0.508 bits per heavy atom. The smallest absolute Gasteiger partial charge is 0.315 e. The lowest BCUT2D eigenvalue weighted by Gasteiger charge is -2.39. The number of carboxylic acid groups (broad SMARTS) is 1. The number of imidazole rings is 2. The van der Waals surface area contributed by atoms with Crippen molar-refractivity contribution >= 4 is 151 Å². The van der Waals surface area contributed by atoms with Gasteiger partial charge in [-0.3, -0.25) is 39.1 Å². The van der Waals surface area contributed by atoms with Crippen molar-refractivity contribution in [3.63, 3.8) is 0 Å². The number of carbonyl (C=O) groups excluding carboxylic acids is 3. The summed E-state index contributed by atoms with van der Waals surface area (Å²) in [6, 6.07) is 57.1. The van der Waals surface area contributed by atoms with Gasteiger partial charge in [0.25, 0.3) is 5.91 Å². The molecule has 120 heavy (non-hydrogen) atoms. The summed E-state index contributed by atoms with van der Waals surface area (Å²) in [4.78, 5) is 84.3. The van der Waals surface area contributed by atoms with E-state index in [1.54, 1.807) is 116 Å².